The highest BCUT2D eigenvalue weighted by molar-refractivity contribution is 5.79. The first-order chi connectivity index (χ1) is 17.2. The minimum Gasteiger partial charge on any atom is -0.497 e. The molecule has 180 valence electrons. The molecule has 0 spiro atoms. The number of rotatable bonds is 8. The summed E-state index contributed by atoms with van der Waals surface area (Å²) >= 11 is 0. The molecule has 0 saturated carbocycles. The molecule has 3 aromatic carbocycles. The highest BCUT2D eigenvalue weighted by Gasteiger charge is 2.27. The molecule has 1 atom stereocenters. The number of carbonyl (C=O) groups is 1. The number of carbonyl (C=O) groups excluding carboxylic acids is 1. The van der Waals surface area contributed by atoms with E-state index in [-0.39, 0.29) is 11.8 Å². The van der Waals surface area contributed by atoms with E-state index in [0.29, 0.717) is 6.54 Å². The SMILES string of the molecule is COc1ccc(Cn2c(CN3CCC[C@@H](C(=O)NCc4ccccc4)C3)nc3ccccc32)cc1. The van der Waals surface area contributed by atoms with E-state index >= 15 is 0 Å². The molecule has 1 aliphatic heterocycles. The number of aromatic nitrogens is 2. The molecule has 0 bridgehead atoms. The van der Waals surface area contributed by atoms with Crippen LogP contribution < -0.4 is 10.1 Å². The predicted molar refractivity (Wildman–Crippen MR) is 138 cm³/mol. The number of para-hydroxylation sites is 2. The molecule has 0 aliphatic carbocycles. The maximum Gasteiger partial charge on any atom is 0.224 e. The van der Waals surface area contributed by atoms with Gasteiger partial charge < -0.3 is 14.6 Å². The number of hydrogen-bond donors (Lipinski definition) is 1. The Kier molecular flexibility index (Phi) is 7.09. The quantitative estimate of drug-likeness (QED) is 0.410. The van der Waals surface area contributed by atoms with Crippen LogP contribution in [-0.2, 0) is 24.4 Å². The van der Waals surface area contributed by atoms with E-state index in [9.17, 15) is 4.79 Å². The highest BCUT2D eigenvalue weighted by Crippen LogP contribution is 2.23. The second-order valence-corrected chi connectivity index (χ2v) is 9.23. The Balaban J connectivity index is 1.29. The van der Waals surface area contributed by atoms with Crippen molar-refractivity contribution in [3.63, 3.8) is 0 Å². The summed E-state index contributed by atoms with van der Waals surface area (Å²) in [6.45, 7) is 3.79. The van der Waals surface area contributed by atoms with Crippen LogP contribution in [-0.4, -0.2) is 40.6 Å². The molecule has 1 saturated heterocycles. The van der Waals surface area contributed by atoms with Crippen molar-refractivity contribution in [1.29, 1.82) is 0 Å². The highest BCUT2D eigenvalue weighted by atomic mass is 16.5. The number of nitrogens with zero attached hydrogens (tertiary/aromatic N) is 3. The lowest BCUT2D eigenvalue weighted by Crippen LogP contribution is -2.42. The first kappa shape index (κ1) is 23.1. The minimum atomic E-state index is 0.00637. The number of benzene rings is 3. The van der Waals surface area contributed by atoms with Gasteiger partial charge in [-0.2, -0.15) is 0 Å². The summed E-state index contributed by atoms with van der Waals surface area (Å²) in [6.07, 6.45) is 1.95. The summed E-state index contributed by atoms with van der Waals surface area (Å²) in [5.41, 5.74) is 4.46. The topological polar surface area (TPSA) is 59.4 Å². The van der Waals surface area contributed by atoms with Crippen molar-refractivity contribution in [2.75, 3.05) is 20.2 Å². The van der Waals surface area contributed by atoms with Gasteiger partial charge in [0.05, 0.1) is 30.6 Å². The van der Waals surface area contributed by atoms with E-state index in [4.69, 9.17) is 9.72 Å². The molecule has 0 radical (unpaired) electrons. The van der Waals surface area contributed by atoms with Crippen molar-refractivity contribution in [2.45, 2.75) is 32.5 Å². The van der Waals surface area contributed by atoms with Gasteiger partial charge in [-0.15, -0.1) is 0 Å². The van der Waals surface area contributed by atoms with E-state index < -0.39 is 0 Å². The molecule has 1 aliphatic rings. The van der Waals surface area contributed by atoms with Gasteiger partial charge in [0.2, 0.25) is 5.91 Å². The molecule has 1 amide bonds. The van der Waals surface area contributed by atoms with E-state index in [0.717, 1.165) is 67.2 Å². The summed E-state index contributed by atoms with van der Waals surface area (Å²) in [4.78, 5) is 20.3. The van der Waals surface area contributed by atoms with Gasteiger partial charge in [-0.25, -0.2) is 4.98 Å². The number of imidazole rings is 1. The normalized spacial score (nSPS) is 16.3. The summed E-state index contributed by atoms with van der Waals surface area (Å²) in [6, 6.07) is 26.6. The fraction of sp³-hybridized carbons (Fsp3) is 0.310. The van der Waals surface area contributed by atoms with E-state index in [1.807, 2.05) is 48.5 Å². The molecular weight excluding hydrogens is 436 g/mol. The van der Waals surface area contributed by atoms with Gasteiger partial charge in [0.15, 0.2) is 0 Å². The lowest BCUT2D eigenvalue weighted by Gasteiger charge is -2.31. The Labute approximate surface area is 206 Å². The van der Waals surface area contributed by atoms with Crippen LogP contribution in [0.1, 0.15) is 29.8 Å². The third kappa shape index (κ3) is 5.54. The molecule has 1 aromatic heterocycles. The Morgan fingerprint density at radius 2 is 1.74 bits per heavy atom. The Morgan fingerprint density at radius 3 is 2.54 bits per heavy atom. The Bertz CT molecular complexity index is 1270. The van der Waals surface area contributed by atoms with Crippen LogP contribution in [0.3, 0.4) is 0 Å². The summed E-state index contributed by atoms with van der Waals surface area (Å²) < 4.78 is 7.61. The van der Waals surface area contributed by atoms with Crippen LogP contribution in [0.2, 0.25) is 0 Å². The van der Waals surface area contributed by atoms with Gasteiger partial charge in [-0.1, -0.05) is 54.6 Å². The predicted octanol–water partition coefficient (Wildman–Crippen LogP) is 4.62. The fourth-order valence-corrected chi connectivity index (χ4v) is 4.88. The maximum absolute atomic E-state index is 12.9. The number of amides is 1. The van der Waals surface area contributed by atoms with E-state index in [1.165, 1.54) is 5.56 Å². The zero-order chi connectivity index (χ0) is 24.0. The zero-order valence-corrected chi connectivity index (χ0v) is 20.2. The van der Waals surface area contributed by atoms with Crippen LogP contribution in [0.5, 0.6) is 5.75 Å². The van der Waals surface area contributed by atoms with Gasteiger partial charge in [0, 0.05) is 19.6 Å². The van der Waals surface area contributed by atoms with Gasteiger partial charge in [-0.05, 0) is 54.8 Å². The summed E-state index contributed by atoms with van der Waals surface area (Å²) in [5, 5.41) is 3.13. The summed E-state index contributed by atoms with van der Waals surface area (Å²) in [5.74, 6) is 2.04. The lowest BCUT2D eigenvalue weighted by molar-refractivity contribution is -0.127. The molecule has 5 rings (SSSR count). The average Bonchev–Trinajstić information content (AvgIpc) is 3.25. The standard InChI is InChI=1S/C29H32N4O2/c1-35-25-15-13-23(14-16-25)19-33-27-12-6-5-11-26(27)31-28(33)21-32-17-7-10-24(20-32)29(34)30-18-22-8-3-2-4-9-22/h2-6,8-9,11-16,24H,7,10,17-21H2,1H3,(H,30,34)/t24-/m1/s1. The second-order valence-electron chi connectivity index (χ2n) is 9.23. The zero-order valence-electron chi connectivity index (χ0n) is 20.2. The first-order valence-corrected chi connectivity index (χ1v) is 12.3. The van der Waals surface area contributed by atoms with E-state index in [1.54, 1.807) is 7.11 Å². The number of likely N-dealkylation sites (tertiary alicyclic amines) is 1. The van der Waals surface area contributed by atoms with E-state index in [2.05, 4.69) is 45.1 Å². The van der Waals surface area contributed by atoms with Crippen LogP contribution in [0, 0.1) is 5.92 Å². The molecule has 6 nitrogen and oxygen atoms in total. The molecule has 6 heteroatoms. The second kappa shape index (κ2) is 10.7. The minimum absolute atomic E-state index is 0.00637. The number of fused-ring (bicyclic) bond motifs is 1. The molecule has 0 unspecified atom stereocenters. The van der Waals surface area contributed by atoms with Gasteiger partial charge >= 0.3 is 0 Å². The number of methoxy groups -OCH3 is 1. The molecule has 1 N–H and O–H groups in total. The van der Waals surface area contributed by atoms with Crippen molar-refractivity contribution >= 4 is 16.9 Å². The number of nitrogens with one attached hydrogen (secondary N) is 1. The van der Waals surface area contributed by atoms with Crippen molar-refractivity contribution in [3.05, 3.63) is 95.8 Å². The monoisotopic (exact) mass is 468 g/mol. The number of hydrogen-bond acceptors (Lipinski definition) is 4. The van der Waals surface area contributed by atoms with Crippen molar-refractivity contribution in [1.82, 2.24) is 19.8 Å². The van der Waals surface area contributed by atoms with Gasteiger partial charge in [0.1, 0.15) is 11.6 Å². The maximum atomic E-state index is 12.9. The average molecular weight is 469 g/mol. The molecular formula is C29H32N4O2. The van der Waals surface area contributed by atoms with Crippen molar-refractivity contribution in [3.8, 4) is 5.75 Å². The molecule has 4 aromatic rings. The number of piperidine rings is 1. The van der Waals surface area contributed by atoms with Crippen molar-refractivity contribution in [2.24, 2.45) is 5.92 Å². The Hall–Kier alpha value is -3.64. The van der Waals surface area contributed by atoms with Crippen molar-refractivity contribution < 1.29 is 9.53 Å². The van der Waals surface area contributed by atoms with Crippen LogP contribution in [0.15, 0.2) is 78.9 Å². The fourth-order valence-electron chi connectivity index (χ4n) is 4.88. The van der Waals surface area contributed by atoms with Crippen LogP contribution >= 0.6 is 0 Å². The third-order valence-corrected chi connectivity index (χ3v) is 6.78. The van der Waals surface area contributed by atoms with Crippen LogP contribution in [0.4, 0.5) is 0 Å². The first-order valence-electron chi connectivity index (χ1n) is 12.3. The molecule has 2 heterocycles. The third-order valence-electron chi connectivity index (χ3n) is 6.78. The van der Waals surface area contributed by atoms with Crippen LogP contribution in [0.25, 0.3) is 11.0 Å². The van der Waals surface area contributed by atoms with Gasteiger partial charge in [-0.3, -0.25) is 9.69 Å². The molecule has 1 fully saturated rings. The smallest absolute Gasteiger partial charge is 0.224 e. The summed E-state index contributed by atoms with van der Waals surface area (Å²) in [7, 11) is 1.68. The van der Waals surface area contributed by atoms with Gasteiger partial charge in [0.25, 0.3) is 0 Å². The Morgan fingerprint density at radius 1 is 0.971 bits per heavy atom. The largest absolute Gasteiger partial charge is 0.497 e. The lowest BCUT2D eigenvalue weighted by atomic mass is 9.97. The number of ether oxygens (including phenoxy) is 1. The molecule has 35 heavy (non-hydrogen) atoms.